The van der Waals surface area contributed by atoms with Crippen LogP contribution in [0.15, 0.2) is 54.7 Å². The van der Waals surface area contributed by atoms with E-state index in [0.29, 0.717) is 43.1 Å². The first-order valence-corrected chi connectivity index (χ1v) is 13.8. The molecule has 1 aliphatic carbocycles. The normalized spacial score (nSPS) is 17.1. The van der Waals surface area contributed by atoms with Crippen LogP contribution >= 0.6 is 0 Å². The van der Waals surface area contributed by atoms with Gasteiger partial charge in [-0.1, -0.05) is 12.1 Å². The lowest BCUT2D eigenvalue weighted by atomic mass is 9.90. The van der Waals surface area contributed by atoms with E-state index in [2.05, 4.69) is 18.9 Å². The summed E-state index contributed by atoms with van der Waals surface area (Å²) in [5, 5.41) is 4.20. The van der Waals surface area contributed by atoms with Gasteiger partial charge in [0.05, 0.1) is 25.8 Å². The molecular formula is C33H33FN2O5. The van der Waals surface area contributed by atoms with Crippen molar-refractivity contribution in [2.24, 2.45) is 7.05 Å². The Morgan fingerprint density at radius 1 is 1.10 bits per heavy atom. The second kappa shape index (κ2) is 10.9. The highest BCUT2D eigenvalue weighted by Gasteiger charge is 2.32. The minimum atomic E-state index is -0.405. The Kier molecular flexibility index (Phi) is 7.15. The number of methoxy groups -OCH3 is 1. The summed E-state index contributed by atoms with van der Waals surface area (Å²) in [6, 6.07) is 15.1. The lowest BCUT2D eigenvalue weighted by Gasteiger charge is -2.19. The lowest BCUT2D eigenvalue weighted by Crippen LogP contribution is -2.09. The minimum Gasteiger partial charge on any atom is -0.492 e. The smallest absolute Gasteiger partial charge is 0.306 e. The highest BCUT2D eigenvalue weighted by atomic mass is 19.1. The molecule has 0 spiro atoms. The second-order valence-electron chi connectivity index (χ2n) is 10.8. The largest absolute Gasteiger partial charge is 0.492 e. The van der Waals surface area contributed by atoms with E-state index < -0.39 is 6.10 Å². The standard InChI is InChI=1S/C33H33FN2O5/c1-19-13-24(39-18-22-11-12-35-36(22)3)14-20(2)32(19)26-7-9-28(34)33-27(26)8-10-29(33)41-23-5-6-25-21(15-31(37)38-4)17-40-30(25)16-23/h5-7,9,11-14,16,21,29H,8,10,15,17-18H2,1-4H3/t21-,29-/m1/s1. The molecular weight excluding hydrogens is 523 g/mol. The maximum Gasteiger partial charge on any atom is 0.306 e. The number of aryl methyl sites for hydroxylation is 3. The fraction of sp³-hybridized carbons (Fsp3) is 0.333. The van der Waals surface area contributed by atoms with Crippen molar-refractivity contribution < 1.29 is 28.1 Å². The minimum absolute atomic E-state index is 0.0443. The molecule has 4 aromatic rings. The molecule has 0 fully saturated rings. The highest BCUT2D eigenvalue weighted by molar-refractivity contribution is 5.76. The van der Waals surface area contributed by atoms with Gasteiger partial charge in [0.25, 0.3) is 0 Å². The maximum absolute atomic E-state index is 15.3. The highest BCUT2D eigenvalue weighted by Crippen LogP contribution is 2.45. The summed E-state index contributed by atoms with van der Waals surface area (Å²) in [6.45, 7) is 4.98. The number of rotatable bonds is 8. The molecule has 1 aromatic heterocycles. The molecule has 0 amide bonds. The summed E-state index contributed by atoms with van der Waals surface area (Å²) in [6.07, 6.45) is 3.01. The van der Waals surface area contributed by atoms with Gasteiger partial charge in [-0.15, -0.1) is 0 Å². The molecule has 7 nitrogen and oxygen atoms in total. The number of benzene rings is 3. The van der Waals surface area contributed by atoms with Gasteiger partial charge in [-0.2, -0.15) is 5.10 Å². The Balaban J connectivity index is 1.24. The summed E-state index contributed by atoms with van der Waals surface area (Å²) in [5.74, 6) is 1.54. The van der Waals surface area contributed by atoms with Crippen LogP contribution in [0.3, 0.4) is 0 Å². The van der Waals surface area contributed by atoms with Crippen molar-refractivity contribution in [2.45, 2.75) is 51.7 Å². The quantitative estimate of drug-likeness (QED) is 0.230. The van der Waals surface area contributed by atoms with Crippen LogP contribution in [-0.4, -0.2) is 29.5 Å². The molecule has 6 rings (SSSR count). The van der Waals surface area contributed by atoms with Gasteiger partial charge in [-0.05, 0) is 84.8 Å². The number of nitrogens with zero attached hydrogens (tertiary/aromatic N) is 2. The third kappa shape index (κ3) is 5.14. The van der Waals surface area contributed by atoms with E-state index in [0.717, 1.165) is 44.8 Å². The van der Waals surface area contributed by atoms with Gasteiger partial charge in [0, 0.05) is 36.4 Å². The summed E-state index contributed by atoms with van der Waals surface area (Å²) < 4.78 is 40.2. The fourth-order valence-electron chi connectivity index (χ4n) is 6.11. The predicted molar refractivity (Wildman–Crippen MR) is 152 cm³/mol. The number of esters is 1. The van der Waals surface area contributed by atoms with Crippen LogP contribution in [0.5, 0.6) is 17.2 Å². The number of ether oxygens (including phenoxy) is 4. The lowest BCUT2D eigenvalue weighted by molar-refractivity contribution is -0.141. The zero-order valence-corrected chi connectivity index (χ0v) is 23.7. The van der Waals surface area contributed by atoms with Crippen LogP contribution in [0.2, 0.25) is 0 Å². The third-order valence-electron chi connectivity index (χ3n) is 8.15. The van der Waals surface area contributed by atoms with Crippen LogP contribution in [0.25, 0.3) is 11.1 Å². The van der Waals surface area contributed by atoms with Crippen LogP contribution in [-0.2, 0) is 29.6 Å². The average Bonchev–Trinajstić information content (AvgIpc) is 3.67. The summed E-state index contributed by atoms with van der Waals surface area (Å²) >= 11 is 0. The van der Waals surface area contributed by atoms with Crippen molar-refractivity contribution in [1.29, 1.82) is 0 Å². The first kappa shape index (κ1) is 26.9. The number of fused-ring (bicyclic) bond motifs is 2. The van der Waals surface area contributed by atoms with E-state index in [4.69, 9.17) is 18.9 Å². The maximum atomic E-state index is 15.3. The molecule has 0 saturated heterocycles. The third-order valence-corrected chi connectivity index (χ3v) is 8.15. The van der Waals surface area contributed by atoms with Crippen LogP contribution in [0, 0.1) is 19.7 Å². The Hall–Kier alpha value is -4.33. The molecule has 212 valence electrons. The number of carbonyl (C=O) groups is 1. The first-order valence-electron chi connectivity index (χ1n) is 13.8. The summed E-state index contributed by atoms with van der Waals surface area (Å²) in [5.41, 5.74) is 7.81. The number of carbonyl (C=O) groups excluding carboxylic acids is 1. The van der Waals surface area contributed by atoms with Crippen molar-refractivity contribution >= 4 is 5.97 Å². The zero-order valence-electron chi connectivity index (χ0n) is 23.7. The molecule has 2 heterocycles. The van der Waals surface area contributed by atoms with E-state index >= 15 is 4.39 Å². The molecule has 2 aliphatic rings. The Morgan fingerprint density at radius 2 is 1.90 bits per heavy atom. The Morgan fingerprint density at radius 3 is 2.63 bits per heavy atom. The second-order valence-corrected chi connectivity index (χ2v) is 10.8. The van der Waals surface area contributed by atoms with Gasteiger partial charge in [0.1, 0.15) is 35.8 Å². The van der Waals surface area contributed by atoms with Gasteiger partial charge in [-0.3, -0.25) is 9.48 Å². The van der Waals surface area contributed by atoms with Crippen molar-refractivity contribution in [3.05, 3.63) is 94.1 Å². The van der Waals surface area contributed by atoms with Crippen LogP contribution in [0.4, 0.5) is 4.39 Å². The van der Waals surface area contributed by atoms with Crippen molar-refractivity contribution in [3.8, 4) is 28.4 Å². The fourth-order valence-corrected chi connectivity index (χ4v) is 6.11. The van der Waals surface area contributed by atoms with E-state index in [-0.39, 0.29) is 24.1 Å². The molecule has 3 aromatic carbocycles. The van der Waals surface area contributed by atoms with Gasteiger partial charge < -0.3 is 18.9 Å². The molecule has 0 radical (unpaired) electrons. The molecule has 0 N–H and O–H groups in total. The van der Waals surface area contributed by atoms with Crippen LogP contribution < -0.4 is 14.2 Å². The van der Waals surface area contributed by atoms with E-state index in [1.807, 2.05) is 49.5 Å². The van der Waals surface area contributed by atoms with Crippen LogP contribution in [0.1, 0.15) is 58.4 Å². The topological polar surface area (TPSA) is 71.8 Å². The van der Waals surface area contributed by atoms with E-state index in [9.17, 15) is 4.79 Å². The number of hydrogen-bond acceptors (Lipinski definition) is 6. The summed E-state index contributed by atoms with van der Waals surface area (Å²) in [7, 11) is 3.28. The zero-order chi connectivity index (χ0) is 28.7. The average molecular weight is 557 g/mol. The molecule has 0 saturated carbocycles. The SMILES string of the molecule is COC(=O)C[C@@H]1COc2cc(O[C@@H]3CCc4c(-c5c(C)cc(OCc6ccnn6C)cc5C)ccc(F)c43)ccc21. The van der Waals surface area contributed by atoms with Crippen molar-refractivity contribution in [1.82, 2.24) is 9.78 Å². The Bertz CT molecular complexity index is 1610. The monoisotopic (exact) mass is 556 g/mol. The number of halogens is 1. The number of hydrogen-bond donors (Lipinski definition) is 0. The first-order chi connectivity index (χ1) is 19.8. The van der Waals surface area contributed by atoms with E-state index in [1.165, 1.54) is 7.11 Å². The molecule has 0 unspecified atom stereocenters. The predicted octanol–water partition coefficient (Wildman–Crippen LogP) is 6.53. The number of aromatic nitrogens is 2. The summed E-state index contributed by atoms with van der Waals surface area (Å²) in [4.78, 5) is 11.7. The molecule has 41 heavy (non-hydrogen) atoms. The molecule has 0 bridgehead atoms. The Labute approximate surface area is 238 Å². The molecule has 1 aliphatic heterocycles. The van der Waals surface area contributed by atoms with Crippen molar-refractivity contribution in [2.75, 3.05) is 13.7 Å². The molecule has 8 heteroatoms. The van der Waals surface area contributed by atoms with Gasteiger partial charge in [0.15, 0.2) is 0 Å². The van der Waals surface area contributed by atoms with Gasteiger partial charge in [0.2, 0.25) is 0 Å². The van der Waals surface area contributed by atoms with Gasteiger partial charge >= 0.3 is 5.97 Å². The van der Waals surface area contributed by atoms with E-state index in [1.54, 1.807) is 16.9 Å². The molecule has 2 atom stereocenters. The van der Waals surface area contributed by atoms with Crippen molar-refractivity contribution in [3.63, 3.8) is 0 Å². The van der Waals surface area contributed by atoms with Gasteiger partial charge in [-0.25, -0.2) is 4.39 Å².